The van der Waals surface area contributed by atoms with Crippen LogP contribution in [0.4, 0.5) is 11.7 Å². The number of nitro benzene ring substituents is 1. The van der Waals surface area contributed by atoms with E-state index in [9.17, 15) is 20.0 Å². The molecule has 0 spiro atoms. The molecule has 35 heavy (non-hydrogen) atoms. The van der Waals surface area contributed by atoms with Crippen molar-refractivity contribution in [3.05, 3.63) is 81.9 Å². The fourth-order valence-electron chi connectivity index (χ4n) is 3.68. The molecule has 0 aliphatic heterocycles. The number of unbranched alkanes of at least 4 members (excludes halogenated alkanes) is 1. The lowest BCUT2D eigenvalue weighted by Crippen LogP contribution is -2.11. The van der Waals surface area contributed by atoms with Crippen molar-refractivity contribution >= 4 is 29.2 Å². The molecule has 0 aliphatic rings. The minimum Gasteiger partial charge on any atom is -0.507 e. The third-order valence-corrected chi connectivity index (χ3v) is 5.62. The van der Waals surface area contributed by atoms with Crippen LogP contribution in [0.5, 0.6) is 5.75 Å². The third kappa shape index (κ3) is 5.33. The summed E-state index contributed by atoms with van der Waals surface area (Å²) >= 11 is 6.21. The van der Waals surface area contributed by atoms with E-state index in [4.69, 9.17) is 16.0 Å². The van der Waals surface area contributed by atoms with Crippen LogP contribution >= 0.6 is 11.6 Å². The van der Waals surface area contributed by atoms with Gasteiger partial charge in [-0.25, -0.2) is 0 Å². The number of phenols is 1. The number of hydrogen-bond donors (Lipinski definition) is 2. The molecule has 1 heterocycles. The number of non-ortho nitro benzene ring substituents is 1. The predicted molar refractivity (Wildman–Crippen MR) is 134 cm³/mol. The Morgan fingerprint density at radius 1 is 1.09 bits per heavy atom. The fourth-order valence-corrected chi connectivity index (χ4v) is 3.87. The van der Waals surface area contributed by atoms with Gasteiger partial charge in [-0.3, -0.25) is 20.2 Å². The van der Waals surface area contributed by atoms with Gasteiger partial charge in [-0.2, -0.15) is 4.98 Å². The highest BCUT2D eigenvalue weighted by molar-refractivity contribution is 6.30. The summed E-state index contributed by atoms with van der Waals surface area (Å²) in [5.74, 6) is -0.103. The number of nitrogens with zero attached hydrogens (tertiary/aromatic N) is 2. The monoisotopic (exact) mass is 491 g/mol. The zero-order chi connectivity index (χ0) is 24.9. The predicted octanol–water partition coefficient (Wildman–Crippen LogP) is 7.07. The Morgan fingerprint density at radius 3 is 2.54 bits per heavy atom. The fraction of sp³-hybridized carbons (Fsp3) is 0.154. The van der Waals surface area contributed by atoms with Crippen LogP contribution in [0.25, 0.3) is 33.7 Å². The van der Waals surface area contributed by atoms with Crippen LogP contribution in [-0.2, 0) is 4.79 Å². The molecule has 0 radical (unpaired) electrons. The van der Waals surface area contributed by atoms with Gasteiger partial charge in [0.2, 0.25) is 5.91 Å². The van der Waals surface area contributed by atoms with Gasteiger partial charge in [-0.15, -0.1) is 0 Å². The maximum Gasteiger partial charge on any atom is 0.302 e. The smallest absolute Gasteiger partial charge is 0.302 e. The Balaban J connectivity index is 1.85. The van der Waals surface area contributed by atoms with Crippen LogP contribution in [0, 0.1) is 10.1 Å². The first kappa shape index (κ1) is 24.0. The topological polar surface area (TPSA) is 118 Å². The van der Waals surface area contributed by atoms with Gasteiger partial charge in [0.25, 0.3) is 5.69 Å². The van der Waals surface area contributed by atoms with Crippen molar-refractivity contribution in [2.45, 2.75) is 26.2 Å². The van der Waals surface area contributed by atoms with Crippen molar-refractivity contribution in [3.8, 4) is 39.5 Å². The molecule has 4 rings (SSSR count). The van der Waals surface area contributed by atoms with Crippen molar-refractivity contribution in [2.75, 3.05) is 5.32 Å². The number of anilines is 1. The standard InChI is InChI=1S/C26H22ClN3O5/c1-2-3-11-23(32)28-26-29-24(16-7-6-8-17(27)14-16)25(35-26)21-10-5-4-9-19(21)20-13-12-18(30(33)34)15-22(20)31/h4-10,12-15,31H,2-3,11H2,1H3,(H,28,29,32). The number of nitro groups is 1. The lowest BCUT2D eigenvalue weighted by Gasteiger charge is -2.11. The molecule has 4 aromatic rings. The molecule has 1 aromatic heterocycles. The van der Waals surface area contributed by atoms with E-state index < -0.39 is 4.92 Å². The molecule has 1 amide bonds. The van der Waals surface area contributed by atoms with Crippen molar-refractivity contribution in [3.63, 3.8) is 0 Å². The zero-order valence-electron chi connectivity index (χ0n) is 18.8. The number of rotatable bonds is 8. The second-order valence-electron chi connectivity index (χ2n) is 7.86. The van der Waals surface area contributed by atoms with E-state index in [-0.39, 0.29) is 23.4 Å². The van der Waals surface area contributed by atoms with Gasteiger partial charge in [-0.1, -0.05) is 61.3 Å². The first-order valence-corrected chi connectivity index (χ1v) is 11.4. The summed E-state index contributed by atoms with van der Waals surface area (Å²) in [5.41, 5.74) is 2.44. The molecule has 8 nitrogen and oxygen atoms in total. The minimum atomic E-state index is -0.573. The van der Waals surface area contributed by atoms with Crippen molar-refractivity contribution in [2.24, 2.45) is 0 Å². The molecule has 0 saturated heterocycles. The van der Waals surface area contributed by atoms with Gasteiger partial charge in [-0.05, 0) is 30.2 Å². The van der Waals surface area contributed by atoms with Gasteiger partial charge in [0.05, 0.1) is 11.0 Å². The number of phenolic OH excluding ortho intramolecular Hbond substituents is 1. The number of aromatic nitrogens is 1. The normalized spacial score (nSPS) is 10.8. The lowest BCUT2D eigenvalue weighted by molar-refractivity contribution is -0.384. The summed E-state index contributed by atoms with van der Waals surface area (Å²) in [7, 11) is 0. The number of benzene rings is 3. The highest BCUT2D eigenvalue weighted by Crippen LogP contribution is 2.42. The molecule has 0 atom stereocenters. The second-order valence-corrected chi connectivity index (χ2v) is 8.30. The van der Waals surface area contributed by atoms with E-state index in [1.165, 1.54) is 12.1 Å². The van der Waals surface area contributed by atoms with E-state index >= 15 is 0 Å². The highest BCUT2D eigenvalue weighted by atomic mass is 35.5. The number of halogens is 1. The molecule has 0 unspecified atom stereocenters. The van der Waals surface area contributed by atoms with E-state index in [1.54, 1.807) is 42.5 Å². The maximum atomic E-state index is 12.3. The number of nitrogens with one attached hydrogen (secondary N) is 1. The molecular formula is C26H22ClN3O5. The van der Waals surface area contributed by atoms with Gasteiger partial charge in [0.15, 0.2) is 5.76 Å². The Kier molecular flexibility index (Phi) is 7.12. The molecular weight excluding hydrogens is 470 g/mol. The molecule has 3 aromatic carbocycles. The number of amides is 1. The summed E-state index contributed by atoms with van der Waals surface area (Å²) in [6, 6.07) is 18.1. The zero-order valence-corrected chi connectivity index (χ0v) is 19.6. The van der Waals surface area contributed by atoms with Crippen molar-refractivity contribution in [1.29, 1.82) is 0 Å². The molecule has 0 aliphatic carbocycles. The summed E-state index contributed by atoms with van der Waals surface area (Å²) in [4.78, 5) is 27.4. The first-order valence-electron chi connectivity index (χ1n) is 11.0. The average Bonchev–Trinajstić information content (AvgIpc) is 3.26. The Labute approximate surface area is 206 Å². The Morgan fingerprint density at radius 2 is 1.86 bits per heavy atom. The quantitative estimate of drug-likeness (QED) is 0.201. The third-order valence-electron chi connectivity index (χ3n) is 5.38. The number of carbonyl (C=O) groups is 1. The molecule has 0 saturated carbocycles. The Bertz CT molecular complexity index is 1400. The molecule has 0 bridgehead atoms. The van der Waals surface area contributed by atoms with E-state index in [0.717, 1.165) is 18.9 Å². The summed E-state index contributed by atoms with van der Waals surface area (Å²) in [6.07, 6.45) is 1.96. The number of aromatic hydroxyl groups is 1. The summed E-state index contributed by atoms with van der Waals surface area (Å²) < 4.78 is 6.03. The largest absolute Gasteiger partial charge is 0.507 e. The number of carbonyl (C=O) groups excluding carboxylic acids is 1. The molecule has 178 valence electrons. The van der Waals surface area contributed by atoms with Gasteiger partial charge >= 0.3 is 6.01 Å². The minimum absolute atomic E-state index is 0.0406. The van der Waals surface area contributed by atoms with Crippen molar-refractivity contribution in [1.82, 2.24) is 4.98 Å². The van der Waals surface area contributed by atoms with Crippen LogP contribution in [0.15, 0.2) is 71.1 Å². The summed E-state index contributed by atoms with van der Waals surface area (Å²) in [5, 5.41) is 24.9. The second kappa shape index (κ2) is 10.4. The lowest BCUT2D eigenvalue weighted by atomic mass is 9.95. The SMILES string of the molecule is CCCCC(=O)Nc1nc(-c2cccc(Cl)c2)c(-c2ccccc2-c2ccc([N+](=O)[O-])cc2O)o1. The van der Waals surface area contributed by atoms with Crippen LogP contribution in [0.2, 0.25) is 5.02 Å². The van der Waals surface area contributed by atoms with E-state index in [0.29, 0.717) is 45.2 Å². The van der Waals surface area contributed by atoms with Crippen LogP contribution in [0.1, 0.15) is 26.2 Å². The van der Waals surface area contributed by atoms with Gasteiger partial charge in [0.1, 0.15) is 11.4 Å². The summed E-state index contributed by atoms with van der Waals surface area (Å²) in [6.45, 7) is 2.00. The molecule has 0 fully saturated rings. The van der Waals surface area contributed by atoms with Gasteiger partial charge in [0, 0.05) is 34.2 Å². The van der Waals surface area contributed by atoms with Crippen LogP contribution in [0.3, 0.4) is 0 Å². The number of oxazole rings is 1. The Hall–Kier alpha value is -4.17. The maximum absolute atomic E-state index is 12.3. The number of hydrogen-bond acceptors (Lipinski definition) is 6. The first-order chi connectivity index (χ1) is 16.9. The van der Waals surface area contributed by atoms with E-state index in [1.807, 2.05) is 13.0 Å². The van der Waals surface area contributed by atoms with Crippen molar-refractivity contribution < 1.29 is 19.2 Å². The average molecular weight is 492 g/mol. The molecule has 2 N–H and O–H groups in total. The van der Waals surface area contributed by atoms with Crippen LogP contribution in [-0.4, -0.2) is 20.9 Å². The van der Waals surface area contributed by atoms with Gasteiger partial charge < -0.3 is 9.52 Å². The molecule has 9 heteroatoms. The van der Waals surface area contributed by atoms with E-state index in [2.05, 4.69) is 10.3 Å². The van der Waals surface area contributed by atoms with Crippen LogP contribution < -0.4 is 5.32 Å². The highest BCUT2D eigenvalue weighted by Gasteiger charge is 2.23.